The van der Waals surface area contributed by atoms with Crippen LogP contribution in [0.4, 0.5) is 0 Å². The van der Waals surface area contributed by atoms with E-state index in [-0.39, 0.29) is 0 Å². The Morgan fingerprint density at radius 3 is 1.40 bits per heavy atom. The largest absolute Gasteiger partial charge is 0.262 e. The Labute approximate surface area is 95.8 Å². The fraction of sp³-hybridized carbons (Fsp3) is 0.667. The summed E-state index contributed by atoms with van der Waals surface area (Å²) in [5, 5.41) is 0.458. The van der Waals surface area contributed by atoms with E-state index in [0.717, 1.165) is 0 Å². The van der Waals surface area contributed by atoms with Crippen LogP contribution in [0.25, 0.3) is 0 Å². The van der Waals surface area contributed by atoms with Gasteiger partial charge in [-0.05, 0) is 0 Å². The molecule has 0 bridgehead atoms. The lowest BCUT2D eigenvalue weighted by atomic mass is 9.55. The summed E-state index contributed by atoms with van der Waals surface area (Å²) in [5.41, 5.74) is 0. The van der Waals surface area contributed by atoms with Gasteiger partial charge < -0.3 is 0 Å². The van der Waals surface area contributed by atoms with Crippen LogP contribution >= 0.6 is 0 Å². The molecule has 2 nitrogen and oxygen atoms in total. The van der Waals surface area contributed by atoms with Crippen LogP contribution in [0.3, 0.4) is 0 Å². The lowest BCUT2D eigenvalue weighted by Gasteiger charge is -2.17. The van der Waals surface area contributed by atoms with Gasteiger partial charge in [-0.15, -0.1) is 0 Å². The lowest BCUT2D eigenvalue weighted by Crippen LogP contribution is -2.06. The quantitative estimate of drug-likeness (QED) is 0.688. The highest BCUT2D eigenvalue weighted by Gasteiger charge is 2.10. The van der Waals surface area contributed by atoms with Crippen molar-refractivity contribution in [1.29, 1.82) is 0 Å². The minimum absolute atomic E-state index is 0.458. The van der Waals surface area contributed by atoms with Crippen LogP contribution in [0, 0.1) is 0 Å². The molecule has 0 unspecified atom stereocenters. The van der Waals surface area contributed by atoms with Crippen LogP contribution in [0.5, 0.6) is 0 Å². The zero-order valence-electron chi connectivity index (χ0n) is 11.0. The van der Waals surface area contributed by atoms with Gasteiger partial charge in [-0.1, -0.05) is 53.2 Å². The van der Waals surface area contributed by atoms with Crippen molar-refractivity contribution in [2.75, 3.05) is 0 Å². The highest BCUT2D eigenvalue weighted by atomic mass is 14.7. The van der Waals surface area contributed by atoms with Crippen molar-refractivity contribution < 1.29 is 0 Å². The highest BCUT2D eigenvalue weighted by Crippen LogP contribution is 2.25. The van der Waals surface area contributed by atoms with Crippen molar-refractivity contribution in [3.05, 3.63) is 24.8 Å². The molecule has 0 aromatic carbocycles. The summed E-state index contributed by atoms with van der Waals surface area (Å²) in [6.45, 7) is 12.8. The van der Waals surface area contributed by atoms with E-state index in [0.29, 0.717) is 5.31 Å². The molecule has 0 atom stereocenters. The monoisotopic (exact) mass is 207 g/mol. The number of hydrogen-bond acceptors (Lipinski definition) is 2. The minimum atomic E-state index is 0.458. The van der Waals surface area contributed by atoms with E-state index in [1.54, 1.807) is 24.8 Å². The molecule has 0 aliphatic carbocycles. The van der Waals surface area contributed by atoms with Crippen molar-refractivity contribution in [2.45, 2.75) is 53.2 Å². The first kappa shape index (κ1) is 16.6. The molecule has 0 saturated heterocycles. The molecule has 0 amide bonds. The average molecular weight is 207 g/mol. The van der Waals surface area contributed by atoms with Crippen molar-refractivity contribution in [2.24, 2.45) is 0 Å². The standard InChI is InChI=1S/C6H14B.C4H4N2.C2H6/c1-5-6(2,3)7-4;1-2-6-4-3-5-1;1-2/h5H2,1-4H3;1-4H;1-2H3. The van der Waals surface area contributed by atoms with Crippen LogP contribution in [0.1, 0.15) is 41.0 Å². The summed E-state index contributed by atoms with van der Waals surface area (Å²) in [4.78, 5) is 7.44. The van der Waals surface area contributed by atoms with Gasteiger partial charge in [0.25, 0.3) is 0 Å². The Kier molecular flexibility index (Phi) is 12.4. The molecule has 1 aromatic heterocycles. The van der Waals surface area contributed by atoms with Gasteiger partial charge in [0.15, 0.2) is 0 Å². The van der Waals surface area contributed by atoms with Crippen LogP contribution < -0.4 is 0 Å². The molecule has 1 heterocycles. The van der Waals surface area contributed by atoms with Gasteiger partial charge >= 0.3 is 0 Å². The van der Waals surface area contributed by atoms with E-state index < -0.39 is 0 Å². The number of nitrogens with zero attached hydrogens (tertiary/aromatic N) is 2. The van der Waals surface area contributed by atoms with E-state index in [1.807, 2.05) is 13.8 Å². The highest BCUT2D eigenvalue weighted by molar-refractivity contribution is 6.37. The van der Waals surface area contributed by atoms with Crippen molar-refractivity contribution in [3.63, 3.8) is 0 Å². The summed E-state index contributed by atoms with van der Waals surface area (Å²) >= 11 is 0. The predicted molar refractivity (Wildman–Crippen MR) is 69.3 cm³/mol. The van der Waals surface area contributed by atoms with Gasteiger partial charge in [0.05, 0.1) is 0 Å². The molecule has 0 spiro atoms. The van der Waals surface area contributed by atoms with E-state index in [9.17, 15) is 0 Å². The van der Waals surface area contributed by atoms with E-state index in [2.05, 4.69) is 44.8 Å². The number of rotatable bonds is 2. The SMILES string of the molecule is CC.C[B]C(C)(C)CC.c1cnccn1. The maximum absolute atomic E-state index is 3.72. The second-order valence-corrected chi connectivity index (χ2v) is 3.53. The minimum Gasteiger partial charge on any atom is -0.262 e. The van der Waals surface area contributed by atoms with Gasteiger partial charge in [0.1, 0.15) is 7.28 Å². The third-order valence-electron chi connectivity index (χ3n) is 2.17. The third-order valence-corrected chi connectivity index (χ3v) is 2.17. The smallest absolute Gasteiger partial charge is 0.113 e. The first-order chi connectivity index (χ1) is 7.12. The third kappa shape index (κ3) is 13.1. The van der Waals surface area contributed by atoms with Gasteiger partial charge in [0.2, 0.25) is 0 Å². The summed E-state index contributed by atoms with van der Waals surface area (Å²) in [5.74, 6) is 0. The normalized spacial score (nSPS) is 8.93. The molecule has 0 saturated carbocycles. The lowest BCUT2D eigenvalue weighted by molar-refractivity contribution is 0.645. The summed E-state index contributed by atoms with van der Waals surface area (Å²) in [6.07, 6.45) is 7.80. The van der Waals surface area contributed by atoms with Gasteiger partial charge in [-0.3, -0.25) is 9.97 Å². The molecule has 0 fully saturated rings. The Bertz CT molecular complexity index is 167. The van der Waals surface area contributed by atoms with Crippen LogP contribution in [0.2, 0.25) is 12.1 Å². The molecule has 1 rings (SSSR count). The number of hydrogen-bond donors (Lipinski definition) is 0. The molecule has 85 valence electrons. The topological polar surface area (TPSA) is 25.8 Å². The molecular formula is C12H24BN2. The Hall–Kier alpha value is -0.855. The zero-order chi connectivity index (χ0) is 12.2. The zero-order valence-corrected chi connectivity index (χ0v) is 11.0. The Balaban J connectivity index is 0. The number of aromatic nitrogens is 2. The van der Waals surface area contributed by atoms with Crippen LogP contribution in [0.15, 0.2) is 24.8 Å². The molecule has 3 heteroatoms. The molecular weight excluding hydrogens is 183 g/mol. The van der Waals surface area contributed by atoms with E-state index >= 15 is 0 Å². The molecule has 0 N–H and O–H groups in total. The molecule has 15 heavy (non-hydrogen) atoms. The van der Waals surface area contributed by atoms with Crippen molar-refractivity contribution in [3.8, 4) is 0 Å². The van der Waals surface area contributed by atoms with Crippen LogP contribution in [-0.4, -0.2) is 17.2 Å². The Morgan fingerprint density at radius 1 is 1.00 bits per heavy atom. The maximum atomic E-state index is 3.72. The molecule has 1 aromatic rings. The van der Waals surface area contributed by atoms with Crippen molar-refractivity contribution in [1.82, 2.24) is 9.97 Å². The fourth-order valence-electron chi connectivity index (χ4n) is 0.457. The molecule has 0 aliphatic heterocycles. The van der Waals surface area contributed by atoms with Crippen LogP contribution in [-0.2, 0) is 0 Å². The summed E-state index contributed by atoms with van der Waals surface area (Å²) in [6, 6.07) is 0. The summed E-state index contributed by atoms with van der Waals surface area (Å²) in [7, 11) is 2.24. The Morgan fingerprint density at radius 2 is 1.33 bits per heavy atom. The molecule has 1 radical (unpaired) electrons. The molecule has 0 aliphatic rings. The average Bonchev–Trinajstić information content (AvgIpc) is 2.35. The van der Waals surface area contributed by atoms with Gasteiger partial charge in [0, 0.05) is 24.8 Å². The van der Waals surface area contributed by atoms with Gasteiger partial charge in [-0.25, -0.2) is 0 Å². The fourth-order valence-corrected chi connectivity index (χ4v) is 0.457. The predicted octanol–water partition coefficient (Wildman–Crippen LogP) is 3.85. The van der Waals surface area contributed by atoms with E-state index in [4.69, 9.17) is 0 Å². The maximum Gasteiger partial charge on any atom is 0.113 e. The second kappa shape index (κ2) is 11.2. The van der Waals surface area contributed by atoms with E-state index in [1.165, 1.54) is 6.42 Å². The first-order valence-corrected chi connectivity index (χ1v) is 5.63. The summed E-state index contributed by atoms with van der Waals surface area (Å²) < 4.78 is 0. The van der Waals surface area contributed by atoms with Crippen molar-refractivity contribution >= 4 is 7.28 Å². The van der Waals surface area contributed by atoms with Gasteiger partial charge in [-0.2, -0.15) is 0 Å². The first-order valence-electron chi connectivity index (χ1n) is 5.63. The second-order valence-electron chi connectivity index (χ2n) is 3.53.